The van der Waals surface area contributed by atoms with Crippen molar-refractivity contribution in [3.63, 3.8) is 0 Å². The number of carboxylic acids is 1. The Morgan fingerprint density at radius 2 is 2.00 bits per heavy atom. The monoisotopic (exact) mass is 355 g/mol. The fraction of sp³-hybridized carbons (Fsp3) is 0.143. The molecule has 0 radical (unpaired) electrons. The zero-order valence-corrected chi connectivity index (χ0v) is 12.3. The van der Waals surface area contributed by atoms with Gasteiger partial charge in [-0.15, -0.1) is 0 Å². The van der Waals surface area contributed by atoms with Crippen molar-refractivity contribution >= 4 is 28.5 Å². The molecule has 0 amide bonds. The molecule has 0 fully saturated rings. The summed E-state index contributed by atoms with van der Waals surface area (Å²) in [4.78, 5) is 18.4. The number of nitrogens with one attached hydrogen (secondary N) is 1. The number of alkyl halides is 3. The van der Waals surface area contributed by atoms with Gasteiger partial charge in [0, 0.05) is 6.20 Å². The van der Waals surface area contributed by atoms with Gasteiger partial charge in [-0.2, -0.15) is 18.3 Å². The summed E-state index contributed by atoms with van der Waals surface area (Å²) >= 11 is 0. The van der Waals surface area contributed by atoms with E-state index in [2.05, 4.69) is 20.4 Å². The van der Waals surface area contributed by atoms with E-state index in [0.29, 0.717) is 4.68 Å². The van der Waals surface area contributed by atoms with E-state index in [9.17, 15) is 22.4 Å². The standard InChI is InChI=1S/C14H9F4N5O2/c15-7-1-2-11(20-4-7)21-12-8-5-19-9(13(24)25)3-10(8)23(22-12)6-14(16,17)18/h1-5H,6H2,(H,24,25)(H,20,21,22). The summed E-state index contributed by atoms with van der Waals surface area (Å²) in [5.41, 5.74) is -0.475. The molecule has 7 nitrogen and oxygen atoms in total. The van der Waals surface area contributed by atoms with Crippen LogP contribution in [-0.4, -0.2) is 37.0 Å². The van der Waals surface area contributed by atoms with Gasteiger partial charge in [-0.3, -0.25) is 4.68 Å². The molecule has 11 heteroatoms. The first-order chi connectivity index (χ1) is 11.7. The molecule has 0 aliphatic carbocycles. The van der Waals surface area contributed by atoms with Crippen LogP contribution >= 0.6 is 0 Å². The van der Waals surface area contributed by atoms with E-state index < -0.39 is 30.2 Å². The maximum atomic E-state index is 12.9. The summed E-state index contributed by atoms with van der Waals surface area (Å²) in [6.07, 6.45) is -2.53. The lowest BCUT2D eigenvalue weighted by Crippen LogP contribution is -2.18. The number of carboxylic acid groups (broad SMARTS) is 1. The molecule has 130 valence electrons. The molecule has 0 saturated heterocycles. The lowest BCUT2D eigenvalue weighted by Gasteiger charge is -2.07. The van der Waals surface area contributed by atoms with Crippen molar-refractivity contribution in [2.75, 3.05) is 5.32 Å². The van der Waals surface area contributed by atoms with Crippen molar-refractivity contribution in [1.29, 1.82) is 0 Å². The summed E-state index contributed by atoms with van der Waals surface area (Å²) in [5.74, 6) is -1.81. The minimum absolute atomic E-state index is 0.0113. The quantitative estimate of drug-likeness (QED) is 0.699. The average Bonchev–Trinajstić information content (AvgIpc) is 2.85. The summed E-state index contributed by atoms with van der Waals surface area (Å²) in [7, 11) is 0. The molecule has 3 aromatic rings. The number of carbonyl (C=O) groups is 1. The fourth-order valence-electron chi connectivity index (χ4n) is 2.14. The number of fused-ring (bicyclic) bond motifs is 1. The number of anilines is 2. The van der Waals surface area contributed by atoms with Gasteiger partial charge in [0.15, 0.2) is 5.82 Å². The maximum absolute atomic E-state index is 12.9. The molecule has 0 aliphatic rings. The first kappa shape index (κ1) is 16.6. The molecule has 0 aromatic carbocycles. The lowest BCUT2D eigenvalue weighted by molar-refractivity contribution is -0.141. The summed E-state index contributed by atoms with van der Waals surface area (Å²) in [6.45, 7) is -1.41. The molecular weight excluding hydrogens is 346 g/mol. The van der Waals surface area contributed by atoms with Gasteiger partial charge >= 0.3 is 12.1 Å². The normalized spacial score (nSPS) is 11.7. The van der Waals surface area contributed by atoms with Gasteiger partial charge in [0.05, 0.1) is 17.1 Å². The van der Waals surface area contributed by atoms with Crippen LogP contribution in [0.25, 0.3) is 10.9 Å². The molecule has 0 saturated carbocycles. The number of pyridine rings is 2. The average molecular weight is 355 g/mol. The molecule has 0 bridgehead atoms. The second-order valence-corrected chi connectivity index (χ2v) is 5.00. The van der Waals surface area contributed by atoms with Crippen LogP contribution in [0.4, 0.5) is 29.2 Å². The number of halogens is 4. The zero-order chi connectivity index (χ0) is 18.2. The molecule has 3 rings (SSSR count). The van der Waals surface area contributed by atoms with Gasteiger partial charge in [-0.05, 0) is 18.2 Å². The molecule has 0 aliphatic heterocycles. The van der Waals surface area contributed by atoms with E-state index in [1.807, 2.05) is 0 Å². The number of hydrogen-bond donors (Lipinski definition) is 2. The Morgan fingerprint density at radius 3 is 2.60 bits per heavy atom. The van der Waals surface area contributed by atoms with E-state index >= 15 is 0 Å². The van der Waals surface area contributed by atoms with Gasteiger partial charge in [0.2, 0.25) is 0 Å². The van der Waals surface area contributed by atoms with Gasteiger partial charge in [0.1, 0.15) is 23.9 Å². The fourth-order valence-corrected chi connectivity index (χ4v) is 2.14. The van der Waals surface area contributed by atoms with Gasteiger partial charge in [0.25, 0.3) is 0 Å². The Balaban J connectivity index is 2.08. The number of nitrogens with zero attached hydrogens (tertiary/aromatic N) is 4. The van der Waals surface area contributed by atoms with E-state index in [-0.39, 0.29) is 22.5 Å². The van der Waals surface area contributed by atoms with Crippen LogP contribution in [-0.2, 0) is 6.54 Å². The minimum atomic E-state index is -4.56. The predicted molar refractivity (Wildman–Crippen MR) is 78.0 cm³/mol. The second-order valence-electron chi connectivity index (χ2n) is 5.00. The van der Waals surface area contributed by atoms with Crippen LogP contribution in [0.15, 0.2) is 30.6 Å². The number of rotatable bonds is 4. The van der Waals surface area contributed by atoms with Crippen LogP contribution in [0.3, 0.4) is 0 Å². The Kier molecular flexibility index (Phi) is 3.99. The molecule has 25 heavy (non-hydrogen) atoms. The van der Waals surface area contributed by atoms with E-state index in [4.69, 9.17) is 5.11 Å². The van der Waals surface area contributed by atoms with Crippen molar-refractivity contribution in [2.24, 2.45) is 0 Å². The van der Waals surface area contributed by atoms with Crippen LogP contribution < -0.4 is 5.32 Å². The van der Waals surface area contributed by atoms with Crippen molar-refractivity contribution in [2.45, 2.75) is 12.7 Å². The Hall–Kier alpha value is -3.24. The van der Waals surface area contributed by atoms with E-state index in [1.54, 1.807) is 0 Å². The molecule has 0 atom stereocenters. The molecule has 0 unspecified atom stereocenters. The minimum Gasteiger partial charge on any atom is -0.477 e. The van der Waals surface area contributed by atoms with Crippen molar-refractivity contribution in [1.82, 2.24) is 19.7 Å². The topological polar surface area (TPSA) is 92.9 Å². The highest BCUT2D eigenvalue weighted by molar-refractivity contribution is 5.95. The van der Waals surface area contributed by atoms with Gasteiger partial charge in [-0.25, -0.2) is 19.2 Å². The van der Waals surface area contributed by atoms with Crippen LogP contribution in [0.1, 0.15) is 10.5 Å². The highest BCUT2D eigenvalue weighted by atomic mass is 19.4. The van der Waals surface area contributed by atoms with E-state index in [0.717, 1.165) is 24.5 Å². The third-order valence-electron chi connectivity index (χ3n) is 3.16. The molecule has 3 aromatic heterocycles. The Morgan fingerprint density at radius 1 is 1.24 bits per heavy atom. The van der Waals surface area contributed by atoms with Crippen LogP contribution in [0, 0.1) is 5.82 Å². The lowest BCUT2D eigenvalue weighted by atomic mass is 10.2. The molecular formula is C14H9F4N5O2. The zero-order valence-electron chi connectivity index (χ0n) is 12.3. The largest absolute Gasteiger partial charge is 0.477 e. The summed E-state index contributed by atoms with van der Waals surface area (Å²) < 4.78 is 51.7. The molecule has 2 N–H and O–H groups in total. The molecule has 3 heterocycles. The van der Waals surface area contributed by atoms with Crippen molar-refractivity contribution < 1.29 is 27.5 Å². The van der Waals surface area contributed by atoms with Crippen molar-refractivity contribution in [3.8, 4) is 0 Å². The highest BCUT2D eigenvalue weighted by Crippen LogP contribution is 2.28. The van der Waals surface area contributed by atoms with Gasteiger partial charge in [-0.1, -0.05) is 0 Å². The van der Waals surface area contributed by atoms with Crippen LogP contribution in [0.5, 0.6) is 0 Å². The Labute approximate surface area is 136 Å². The molecule has 0 spiro atoms. The maximum Gasteiger partial charge on any atom is 0.408 e. The number of hydrogen-bond acceptors (Lipinski definition) is 5. The SMILES string of the molecule is O=C(O)c1cc2c(cn1)c(Nc1ccc(F)cn1)nn2CC(F)(F)F. The van der Waals surface area contributed by atoms with Gasteiger partial charge < -0.3 is 10.4 Å². The van der Waals surface area contributed by atoms with E-state index in [1.165, 1.54) is 6.07 Å². The third kappa shape index (κ3) is 3.65. The smallest absolute Gasteiger partial charge is 0.408 e. The number of aromatic carboxylic acids is 1. The van der Waals surface area contributed by atoms with Crippen LogP contribution in [0.2, 0.25) is 0 Å². The summed E-state index contributed by atoms with van der Waals surface area (Å²) in [6, 6.07) is 3.40. The summed E-state index contributed by atoms with van der Waals surface area (Å²) in [5, 5.41) is 15.6. The first-order valence-corrected chi connectivity index (χ1v) is 6.78. The highest BCUT2D eigenvalue weighted by Gasteiger charge is 2.30. The first-order valence-electron chi connectivity index (χ1n) is 6.78. The predicted octanol–water partition coefficient (Wildman–Crippen LogP) is 2.97. The third-order valence-corrected chi connectivity index (χ3v) is 3.16. The Bertz CT molecular complexity index is 937. The number of aromatic nitrogens is 4. The second kappa shape index (κ2) is 6.00. The van der Waals surface area contributed by atoms with Crippen molar-refractivity contribution in [3.05, 3.63) is 42.1 Å².